The number of hydrogen-bond acceptors (Lipinski definition) is 5. The van der Waals surface area contributed by atoms with Gasteiger partial charge in [0.1, 0.15) is 11.3 Å². The molecule has 2 aliphatic heterocycles. The predicted octanol–water partition coefficient (Wildman–Crippen LogP) is 3.58. The van der Waals surface area contributed by atoms with Crippen LogP contribution in [0.3, 0.4) is 0 Å². The minimum absolute atomic E-state index is 0.000706. The average Bonchev–Trinajstić information content (AvgIpc) is 3.10. The summed E-state index contributed by atoms with van der Waals surface area (Å²) in [5, 5.41) is 2.95. The van der Waals surface area contributed by atoms with Gasteiger partial charge >= 0.3 is 6.03 Å². The number of likely N-dealkylation sites (tertiary alicyclic amines) is 1. The van der Waals surface area contributed by atoms with Crippen LogP contribution >= 0.6 is 11.8 Å². The van der Waals surface area contributed by atoms with Crippen molar-refractivity contribution >= 4 is 29.6 Å². The van der Waals surface area contributed by atoms with Gasteiger partial charge in [0.25, 0.3) is 5.91 Å². The van der Waals surface area contributed by atoms with E-state index in [0.717, 1.165) is 16.2 Å². The van der Waals surface area contributed by atoms with E-state index in [0.29, 0.717) is 44.6 Å². The highest BCUT2D eigenvalue weighted by molar-refractivity contribution is 8.00. The van der Waals surface area contributed by atoms with Gasteiger partial charge in [0, 0.05) is 24.5 Å². The lowest BCUT2D eigenvalue weighted by Crippen LogP contribution is -2.54. The van der Waals surface area contributed by atoms with Crippen LogP contribution in [0.1, 0.15) is 25.3 Å². The average molecular weight is 482 g/mol. The van der Waals surface area contributed by atoms with E-state index in [1.165, 1.54) is 16.7 Å². The van der Waals surface area contributed by atoms with E-state index < -0.39 is 5.54 Å². The van der Waals surface area contributed by atoms with Crippen LogP contribution in [-0.2, 0) is 16.0 Å². The molecule has 2 fully saturated rings. The van der Waals surface area contributed by atoms with Crippen molar-refractivity contribution < 1.29 is 19.1 Å². The molecule has 4 rings (SSSR count). The summed E-state index contributed by atoms with van der Waals surface area (Å²) in [6.07, 6.45) is 1.97. The van der Waals surface area contributed by atoms with Gasteiger partial charge in [-0.3, -0.25) is 14.5 Å². The Morgan fingerprint density at radius 1 is 1.09 bits per heavy atom. The van der Waals surface area contributed by atoms with Crippen molar-refractivity contribution in [1.82, 2.24) is 15.1 Å². The molecule has 180 valence electrons. The van der Waals surface area contributed by atoms with E-state index in [9.17, 15) is 14.4 Å². The maximum atomic E-state index is 13.3. The summed E-state index contributed by atoms with van der Waals surface area (Å²) in [5.41, 5.74) is 0.112. The first-order chi connectivity index (χ1) is 16.4. The zero-order valence-electron chi connectivity index (χ0n) is 19.7. The first-order valence-corrected chi connectivity index (χ1v) is 12.6. The van der Waals surface area contributed by atoms with Crippen molar-refractivity contribution in [2.24, 2.45) is 5.92 Å². The molecule has 0 aromatic heterocycles. The molecule has 0 radical (unpaired) electrons. The Hall–Kier alpha value is -3.00. The summed E-state index contributed by atoms with van der Waals surface area (Å²) < 4.78 is 5.18. The van der Waals surface area contributed by atoms with Crippen molar-refractivity contribution in [3.05, 3.63) is 60.2 Å². The van der Waals surface area contributed by atoms with Gasteiger partial charge in [-0.05, 0) is 61.9 Å². The number of imide groups is 1. The lowest BCUT2D eigenvalue weighted by Gasteiger charge is -2.39. The molecule has 0 unspecified atom stereocenters. The Labute approximate surface area is 204 Å². The van der Waals surface area contributed by atoms with Crippen molar-refractivity contribution in [3.8, 4) is 5.75 Å². The Morgan fingerprint density at radius 2 is 1.76 bits per heavy atom. The van der Waals surface area contributed by atoms with Crippen LogP contribution in [0.2, 0.25) is 0 Å². The summed E-state index contributed by atoms with van der Waals surface area (Å²) >= 11 is 1.54. The second kappa shape index (κ2) is 10.5. The zero-order chi connectivity index (χ0) is 24.1. The number of benzene rings is 2. The number of methoxy groups -OCH3 is 1. The largest absolute Gasteiger partial charge is 0.497 e. The quantitative estimate of drug-likeness (QED) is 0.461. The lowest BCUT2D eigenvalue weighted by molar-refractivity contribution is -0.134. The van der Waals surface area contributed by atoms with E-state index in [4.69, 9.17) is 4.74 Å². The van der Waals surface area contributed by atoms with Crippen LogP contribution in [0.25, 0.3) is 0 Å². The third-order valence-electron chi connectivity index (χ3n) is 6.85. The number of nitrogens with zero attached hydrogens (tertiary/aromatic N) is 2. The van der Waals surface area contributed by atoms with Crippen LogP contribution < -0.4 is 10.1 Å². The van der Waals surface area contributed by atoms with E-state index in [1.54, 1.807) is 7.11 Å². The molecule has 4 amide bonds. The molecule has 0 bridgehead atoms. The molecule has 0 aliphatic carbocycles. The summed E-state index contributed by atoms with van der Waals surface area (Å²) in [4.78, 5) is 42.9. The summed E-state index contributed by atoms with van der Waals surface area (Å²) in [6, 6.07) is 17.2. The van der Waals surface area contributed by atoms with E-state index in [2.05, 4.69) is 5.32 Å². The molecule has 8 heteroatoms. The van der Waals surface area contributed by atoms with Crippen molar-refractivity contribution in [2.45, 2.75) is 36.6 Å². The minimum Gasteiger partial charge on any atom is -0.497 e. The molecule has 2 aromatic rings. The Morgan fingerprint density at radius 3 is 2.41 bits per heavy atom. The van der Waals surface area contributed by atoms with E-state index in [-0.39, 0.29) is 23.8 Å². The molecule has 34 heavy (non-hydrogen) atoms. The molecule has 1 atom stereocenters. The first kappa shape index (κ1) is 24.1. The Kier molecular flexibility index (Phi) is 7.46. The maximum Gasteiger partial charge on any atom is 0.325 e. The molecule has 0 saturated carbocycles. The Balaban J connectivity index is 1.29. The fourth-order valence-electron chi connectivity index (χ4n) is 4.69. The van der Waals surface area contributed by atoms with Gasteiger partial charge in [-0.1, -0.05) is 30.3 Å². The fraction of sp³-hybridized carbons (Fsp3) is 0.423. The van der Waals surface area contributed by atoms with Crippen LogP contribution in [-0.4, -0.2) is 65.7 Å². The smallest absolute Gasteiger partial charge is 0.325 e. The number of urea groups is 1. The van der Waals surface area contributed by atoms with Gasteiger partial charge in [0.2, 0.25) is 5.91 Å². The standard InChI is InChI=1S/C26H31N3O4S/c1-26(20-13-15-28(16-14-20)23(30)18-34-22-6-4-3-5-7-22)24(31)29(25(32)27-26)17-12-19-8-10-21(33-2)11-9-19/h3-11,20H,12-18H2,1-2H3,(H,27,32)/t26-/m0/s1. The van der Waals surface area contributed by atoms with E-state index in [1.807, 2.05) is 66.4 Å². The lowest BCUT2D eigenvalue weighted by atomic mass is 9.79. The van der Waals surface area contributed by atoms with Crippen LogP contribution in [0.15, 0.2) is 59.5 Å². The van der Waals surface area contributed by atoms with Crippen molar-refractivity contribution in [3.63, 3.8) is 0 Å². The normalized spacial score (nSPS) is 21.0. The Bertz CT molecular complexity index is 1020. The van der Waals surface area contributed by atoms with Gasteiger partial charge in [0.05, 0.1) is 12.9 Å². The second-order valence-corrected chi connectivity index (χ2v) is 9.99. The number of ether oxygens (including phenoxy) is 1. The number of carbonyl (C=O) groups excluding carboxylic acids is 3. The monoisotopic (exact) mass is 481 g/mol. The van der Waals surface area contributed by atoms with Crippen LogP contribution in [0, 0.1) is 5.92 Å². The van der Waals surface area contributed by atoms with Crippen molar-refractivity contribution in [2.75, 3.05) is 32.5 Å². The summed E-state index contributed by atoms with van der Waals surface area (Å²) in [6.45, 7) is 3.36. The van der Waals surface area contributed by atoms with E-state index >= 15 is 0 Å². The highest BCUT2D eigenvalue weighted by Gasteiger charge is 2.52. The van der Waals surface area contributed by atoms with Gasteiger partial charge in [-0.15, -0.1) is 11.8 Å². The van der Waals surface area contributed by atoms with Gasteiger partial charge < -0.3 is 15.0 Å². The first-order valence-electron chi connectivity index (χ1n) is 11.6. The molecule has 2 heterocycles. The highest BCUT2D eigenvalue weighted by Crippen LogP contribution is 2.34. The molecule has 1 N–H and O–H groups in total. The predicted molar refractivity (Wildman–Crippen MR) is 132 cm³/mol. The number of thioether (sulfide) groups is 1. The zero-order valence-corrected chi connectivity index (χ0v) is 20.5. The number of amides is 4. The number of nitrogens with one attached hydrogen (secondary N) is 1. The molecule has 2 aliphatic rings. The number of piperidine rings is 1. The molecular formula is C26H31N3O4S. The van der Waals surface area contributed by atoms with Crippen LogP contribution in [0.5, 0.6) is 5.75 Å². The second-order valence-electron chi connectivity index (χ2n) is 8.94. The fourth-order valence-corrected chi connectivity index (χ4v) is 5.51. The number of rotatable bonds is 8. The summed E-state index contributed by atoms with van der Waals surface area (Å²) in [7, 11) is 1.62. The number of carbonyl (C=O) groups is 3. The molecule has 2 aromatic carbocycles. The van der Waals surface area contributed by atoms with Gasteiger partial charge in [-0.25, -0.2) is 4.79 Å². The summed E-state index contributed by atoms with van der Waals surface area (Å²) in [5.74, 6) is 1.12. The number of hydrogen-bond donors (Lipinski definition) is 1. The van der Waals surface area contributed by atoms with Gasteiger partial charge in [0.15, 0.2) is 0 Å². The van der Waals surface area contributed by atoms with Gasteiger partial charge in [-0.2, -0.15) is 0 Å². The SMILES string of the molecule is COc1ccc(CCN2C(=O)N[C@@](C)(C3CCN(C(=O)CSc4ccccc4)CC3)C2=O)cc1. The maximum absolute atomic E-state index is 13.3. The third-order valence-corrected chi connectivity index (χ3v) is 7.85. The third kappa shape index (κ3) is 5.22. The minimum atomic E-state index is -0.926. The molecule has 7 nitrogen and oxygen atoms in total. The topological polar surface area (TPSA) is 79.0 Å². The highest BCUT2D eigenvalue weighted by atomic mass is 32.2. The van der Waals surface area contributed by atoms with Crippen LogP contribution in [0.4, 0.5) is 4.79 Å². The molecule has 2 saturated heterocycles. The molecular weight excluding hydrogens is 450 g/mol. The van der Waals surface area contributed by atoms with Crippen molar-refractivity contribution in [1.29, 1.82) is 0 Å². The molecule has 0 spiro atoms.